The van der Waals surface area contributed by atoms with Crippen molar-refractivity contribution in [2.45, 2.75) is 13.0 Å². The Morgan fingerprint density at radius 2 is 2.30 bits per heavy atom. The van der Waals surface area contributed by atoms with E-state index in [0.29, 0.717) is 12.5 Å². The van der Waals surface area contributed by atoms with Crippen molar-refractivity contribution in [3.8, 4) is 5.75 Å². The van der Waals surface area contributed by atoms with E-state index < -0.39 is 0 Å². The van der Waals surface area contributed by atoms with Gasteiger partial charge in [-0.15, -0.1) is 24.0 Å². The van der Waals surface area contributed by atoms with Gasteiger partial charge in [0.1, 0.15) is 5.75 Å². The number of nitrogens with one attached hydrogen (secondary N) is 1. The van der Waals surface area contributed by atoms with Crippen LogP contribution in [0.5, 0.6) is 5.75 Å². The zero-order chi connectivity index (χ0) is 15.9. The minimum Gasteiger partial charge on any atom is -0.496 e. The molecular formula is C16H25BrIN3O2. The van der Waals surface area contributed by atoms with Crippen LogP contribution in [0.1, 0.15) is 12.0 Å². The molecule has 23 heavy (non-hydrogen) atoms. The van der Waals surface area contributed by atoms with Crippen molar-refractivity contribution in [3.05, 3.63) is 28.2 Å². The fourth-order valence-electron chi connectivity index (χ4n) is 2.65. The van der Waals surface area contributed by atoms with E-state index >= 15 is 0 Å². The average Bonchev–Trinajstić information content (AvgIpc) is 3.01. The molecule has 1 aliphatic heterocycles. The van der Waals surface area contributed by atoms with Crippen molar-refractivity contribution in [3.63, 3.8) is 0 Å². The lowest BCUT2D eigenvalue weighted by Crippen LogP contribution is -2.41. The number of ether oxygens (including phenoxy) is 2. The molecule has 0 aromatic heterocycles. The van der Waals surface area contributed by atoms with Crippen molar-refractivity contribution < 1.29 is 9.47 Å². The molecule has 1 fully saturated rings. The summed E-state index contributed by atoms with van der Waals surface area (Å²) >= 11 is 3.50. The zero-order valence-corrected chi connectivity index (χ0v) is 17.8. The van der Waals surface area contributed by atoms with Gasteiger partial charge in [0.2, 0.25) is 0 Å². The highest BCUT2D eigenvalue weighted by molar-refractivity contribution is 14.0. The normalized spacial score (nSPS) is 17.6. The highest BCUT2D eigenvalue weighted by Crippen LogP contribution is 2.22. The first kappa shape index (κ1) is 20.5. The van der Waals surface area contributed by atoms with Crippen LogP contribution in [0.15, 0.2) is 27.7 Å². The maximum absolute atomic E-state index is 5.44. The molecule has 1 saturated heterocycles. The summed E-state index contributed by atoms with van der Waals surface area (Å²) in [6.45, 7) is 3.34. The lowest BCUT2D eigenvalue weighted by atomic mass is 10.1. The Morgan fingerprint density at radius 3 is 2.91 bits per heavy atom. The van der Waals surface area contributed by atoms with Gasteiger partial charge in [-0.3, -0.25) is 4.99 Å². The van der Waals surface area contributed by atoms with Gasteiger partial charge >= 0.3 is 0 Å². The fraction of sp³-hybridized carbons (Fsp3) is 0.562. The monoisotopic (exact) mass is 497 g/mol. The Bertz CT molecular complexity index is 522. The Balaban J connectivity index is 0.00000264. The highest BCUT2D eigenvalue weighted by Gasteiger charge is 2.19. The molecule has 1 atom stereocenters. The predicted molar refractivity (Wildman–Crippen MR) is 108 cm³/mol. The number of guanidine groups is 1. The number of benzene rings is 1. The maximum Gasteiger partial charge on any atom is 0.193 e. The molecule has 0 aliphatic carbocycles. The first-order valence-corrected chi connectivity index (χ1v) is 8.25. The van der Waals surface area contributed by atoms with Crippen LogP contribution < -0.4 is 10.1 Å². The second-order valence-electron chi connectivity index (χ2n) is 5.47. The highest BCUT2D eigenvalue weighted by atomic mass is 127. The third kappa shape index (κ3) is 6.11. The molecule has 2 rings (SSSR count). The molecule has 1 N–H and O–H groups in total. The van der Waals surface area contributed by atoms with Gasteiger partial charge in [-0.25, -0.2) is 0 Å². The molecule has 1 unspecified atom stereocenters. The van der Waals surface area contributed by atoms with E-state index in [9.17, 15) is 0 Å². The number of hydrogen-bond acceptors (Lipinski definition) is 3. The van der Waals surface area contributed by atoms with Gasteiger partial charge in [0, 0.05) is 49.7 Å². The summed E-state index contributed by atoms with van der Waals surface area (Å²) in [6, 6.07) is 6.00. The van der Waals surface area contributed by atoms with E-state index in [1.54, 1.807) is 7.11 Å². The van der Waals surface area contributed by atoms with Crippen LogP contribution in [0.25, 0.3) is 0 Å². The Morgan fingerprint density at radius 1 is 1.52 bits per heavy atom. The smallest absolute Gasteiger partial charge is 0.193 e. The summed E-state index contributed by atoms with van der Waals surface area (Å²) in [5, 5.41) is 3.40. The second-order valence-corrected chi connectivity index (χ2v) is 6.38. The molecule has 0 spiro atoms. The van der Waals surface area contributed by atoms with Gasteiger partial charge in [-0.1, -0.05) is 15.9 Å². The molecule has 1 aliphatic rings. The van der Waals surface area contributed by atoms with E-state index in [1.807, 2.05) is 19.2 Å². The summed E-state index contributed by atoms with van der Waals surface area (Å²) in [5.74, 6) is 2.34. The summed E-state index contributed by atoms with van der Waals surface area (Å²) in [5.41, 5.74) is 1.09. The maximum atomic E-state index is 5.44. The van der Waals surface area contributed by atoms with Crippen LogP contribution in [0.2, 0.25) is 0 Å². The van der Waals surface area contributed by atoms with E-state index in [0.717, 1.165) is 47.9 Å². The zero-order valence-electron chi connectivity index (χ0n) is 13.8. The Hall–Kier alpha value is -0.540. The standard InChI is InChI=1S/C16H24BrN3O2.HI/c1-18-16(20(2)10-12-6-7-22-11-12)19-9-13-8-14(17)4-5-15(13)21-3;/h4-5,8,12H,6-7,9-11H2,1-3H3,(H,18,19);1H. The molecule has 0 amide bonds. The van der Waals surface area contributed by atoms with Crippen LogP contribution in [0, 0.1) is 5.92 Å². The summed E-state index contributed by atoms with van der Waals surface area (Å²) in [4.78, 5) is 6.52. The minimum absolute atomic E-state index is 0. The molecule has 130 valence electrons. The molecule has 5 nitrogen and oxygen atoms in total. The third-order valence-corrected chi connectivity index (χ3v) is 4.30. The third-order valence-electron chi connectivity index (χ3n) is 3.81. The van der Waals surface area contributed by atoms with Crippen LogP contribution in [-0.2, 0) is 11.3 Å². The van der Waals surface area contributed by atoms with Gasteiger partial charge in [-0.2, -0.15) is 0 Å². The lowest BCUT2D eigenvalue weighted by Gasteiger charge is -2.24. The van der Waals surface area contributed by atoms with Crippen LogP contribution in [0.3, 0.4) is 0 Å². The summed E-state index contributed by atoms with van der Waals surface area (Å²) in [6.07, 6.45) is 1.13. The molecule has 0 radical (unpaired) electrons. The van der Waals surface area contributed by atoms with Crippen LogP contribution in [-0.4, -0.2) is 51.8 Å². The number of methoxy groups -OCH3 is 1. The van der Waals surface area contributed by atoms with Crippen molar-refractivity contribution >= 4 is 45.9 Å². The predicted octanol–water partition coefficient (Wildman–Crippen LogP) is 3.12. The van der Waals surface area contributed by atoms with Gasteiger partial charge in [0.25, 0.3) is 0 Å². The number of hydrogen-bond donors (Lipinski definition) is 1. The molecule has 1 aromatic rings. The van der Waals surface area contributed by atoms with Gasteiger partial charge < -0.3 is 19.7 Å². The summed E-state index contributed by atoms with van der Waals surface area (Å²) < 4.78 is 11.9. The number of halogens is 2. The number of aliphatic imine (C=N–C) groups is 1. The molecule has 1 aromatic carbocycles. The van der Waals surface area contributed by atoms with Crippen molar-refractivity contribution in [2.75, 3.05) is 41.0 Å². The average molecular weight is 498 g/mol. The summed E-state index contributed by atoms with van der Waals surface area (Å²) in [7, 11) is 5.56. The second kappa shape index (κ2) is 10.4. The van der Waals surface area contributed by atoms with Crippen LogP contribution in [0.4, 0.5) is 0 Å². The molecule has 0 saturated carbocycles. The molecular weight excluding hydrogens is 473 g/mol. The van der Waals surface area contributed by atoms with E-state index in [-0.39, 0.29) is 24.0 Å². The van der Waals surface area contributed by atoms with E-state index in [2.05, 4.69) is 44.3 Å². The Labute approximate surface area is 164 Å². The lowest BCUT2D eigenvalue weighted by molar-refractivity contribution is 0.181. The van der Waals surface area contributed by atoms with Gasteiger partial charge in [0.15, 0.2) is 5.96 Å². The molecule has 7 heteroatoms. The first-order valence-electron chi connectivity index (χ1n) is 7.46. The van der Waals surface area contributed by atoms with Gasteiger partial charge in [-0.05, 0) is 24.6 Å². The number of nitrogens with zero attached hydrogens (tertiary/aromatic N) is 2. The Kier molecular flexibility index (Phi) is 9.23. The van der Waals surface area contributed by atoms with Crippen molar-refractivity contribution in [2.24, 2.45) is 10.9 Å². The number of rotatable bonds is 5. The molecule has 1 heterocycles. The molecule has 0 bridgehead atoms. The van der Waals surface area contributed by atoms with Gasteiger partial charge in [0.05, 0.1) is 13.7 Å². The quantitative estimate of drug-likeness (QED) is 0.385. The largest absolute Gasteiger partial charge is 0.496 e. The van der Waals surface area contributed by atoms with Crippen molar-refractivity contribution in [1.82, 2.24) is 10.2 Å². The van der Waals surface area contributed by atoms with E-state index in [4.69, 9.17) is 9.47 Å². The fourth-order valence-corrected chi connectivity index (χ4v) is 3.05. The van der Waals surface area contributed by atoms with Crippen LogP contribution >= 0.6 is 39.9 Å². The first-order chi connectivity index (χ1) is 10.6. The SMILES string of the molecule is CN=C(NCc1cc(Br)ccc1OC)N(C)CC1CCOC1.I. The van der Waals surface area contributed by atoms with Crippen molar-refractivity contribution in [1.29, 1.82) is 0 Å². The topological polar surface area (TPSA) is 46.1 Å². The van der Waals surface area contributed by atoms with E-state index in [1.165, 1.54) is 0 Å². The minimum atomic E-state index is 0.